The number of aromatic nitrogens is 2. The Hall–Kier alpha value is -2.88. The number of rotatable bonds is 3. The number of hydrogen-bond donors (Lipinski definition) is 0. The van der Waals surface area contributed by atoms with Crippen LogP contribution >= 0.6 is 0 Å². The van der Waals surface area contributed by atoms with Crippen LogP contribution in [-0.4, -0.2) is 36.1 Å². The van der Waals surface area contributed by atoms with Crippen LogP contribution in [0.1, 0.15) is 26.3 Å². The number of piperazine rings is 1. The molecule has 0 spiro atoms. The van der Waals surface area contributed by atoms with Gasteiger partial charge in [-0.25, -0.2) is 4.98 Å². The summed E-state index contributed by atoms with van der Waals surface area (Å²) in [7, 11) is 0. The first-order valence-corrected chi connectivity index (χ1v) is 9.99. The van der Waals surface area contributed by atoms with Gasteiger partial charge in [-0.3, -0.25) is 4.98 Å². The number of hydrogen-bond acceptors (Lipinski definition) is 4. The summed E-state index contributed by atoms with van der Waals surface area (Å²) in [5.41, 5.74) is 4.83. The predicted molar refractivity (Wildman–Crippen MR) is 117 cm³/mol. The second kappa shape index (κ2) is 7.63. The van der Waals surface area contributed by atoms with Crippen molar-refractivity contribution in [2.45, 2.75) is 26.2 Å². The Morgan fingerprint density at radius 1 is 0.750 bits per heavy atom. The van der Waals surface area contributed by atoms with Gasteiger partial charge < -0.3 is 9.80 Å². The van der Waals surface area contributed by atoms with Gasteiger partial charge in [-0.15, -0.1) is 0 Å². The van der Waals surface area contributed by atoms with E-state index in [0.717, 1.165) is 43.3 Å². The molecule has 4 heteroatoms. The molecule has 0 radical (unpaired) electrons. The van der Waals surface area contributed by atoms with Crippen molar-refractivity contribution in [2.75, 3.05) is 36.0 Å². The van der Waals surface area contributed by atoms with E-state index in [-0.39, 0.29) is 5.41 Å². The molecule has 0 unspecified atom stereocenters. The van der Waals surface area contributed by atoms with Gasteiger partial charge in [-0.1, -0.05) is 63.2 Å². The summed E-state index contributed by atoms with van der Waals surface area (Å²) < 4.78 is 0. The molecule has 1 fully saturated rings. The molecular weight excluding hydrogens is 344 g/mol. The summed E-state index contributed by atoms with van der Waals surface area (Å²) in [5, 5.41) is 0. The zero-order chi connectivity index (χ0) is 19.6. The summed E-state index contributed by atoms with van der Waals surface area (Å²) in [6.07, 6.45) is 3.74. The molecule has 1 aromatic heterocycles. The van der Waals surface area contributed by atoms with Gasteiger partial charge in [0.25, 0.3) is 0 Å². The Labute approximate surface area is 167 Å². The van der Waals surface area contributed by atoms with Crippen LogP contribution < -0.4 is 9.80 Å². The molecule has 0 amide bonds. The van der Waals surface area contributed by atoms with Crippen LogP contribution in [0.15, 0.2) is 67.0 Å². The van der Waals surface area contributed by atoms with E-state index in [4.69, 9.17) is 4.98 Å². The predicted octanol–water partition coefficient (Wildman–Crippen LogP) is 4.77. The SMILES string of the molecule is CC(C)(C)c1ccc(-c2cncc(N3CCN(c4ccccc4)CC3)n2)cc1. The standard InChI is InChI=1S/C24H28N4/c1-24(2,3)20-11-9-19(10-12-20)22-17-25-18-23(26-22)28-15-13-27(14-16-28)21-7-5-4-6-8-21/h4-12,17-18H,13-16H2,1-3H3. The monoisotopic (exact) mass is 372 g/mol. The number of nitrogens with zero attached hydrogens (tertiary/aromatic N) is 4. The van der Waals surface area contributed by atoms with Crippen LogP contribution in [0.5, 0.6) is 0 Å². The lowest BCUT2D eigenvalue weighted by Crippen LogP contribution is -2.46. The summed E-state index contributed by atoms with van der Waals surface area (Å²) >= 11 is 0. The average Bonchev–Trinajstić information content (AvgIpc) is 2.74. The van der Waals surface area contributed by atoms with Crippen LogP contribution in [0.4, 0.5) is 11.5 Å². The van der Waals surface area contributed by atoms with Crippen LogP contribution in [0.2, 0.25) is 0 Å². The Kier molecular flexibility index (Phi) is 5.03. The molecule has 4 rings (SSSR count). The minimum Gasteiger partial charge on any atom is -0.368 e. The van der Waals surface area contributed by atoms with Gasteiger partial charge >= 0.3 is 0 Å². The Balaban J connectivity index is 1.47. The van der Waals surface area contributed by atoms with Crippen molar-refractivity contribution in [3.63, 3.8) is 0 Å². The molecule has 0 aliphatic carbocycles. The fourth-order valence-electron chi connectivity index (χ4n) is 3.62. The third kappa shape index (κ3) is 4.01. The second-order valence-corrected chi connectivity index (χ2v) is 8.40. The molecule has 2 aromatic carbocycles. The van der Waals surface area contributed by atoms with Gasteiger partial charge in [0, 0.05) is 37.4 Å². The molecule has 144 valence electrons. The van der Waals surface area contributed by atoms with Crippen molar-refractivity contribution < 1.29 is 0 Å². The lowest BCUT2D eigenvalue weighted by atomic mass is 9.86. The van der Waals surface area contributed by atoms with Gasteiger partial charge in [0.15, 0.2) is 0 Å². The molecule has 1 aliphatic rings. The van der Waals surface area contributed by atoms with Crippen molar-refractivity contribution in [3.05, 3.63) is 72.6 Å². The van der Waals surface area contributed by atoms with E-state index in [1.54, 1.807) is 0 Å². The van der Waals surface area contributed by atoms with Crippen LogP contribution in [0.3, 0.4) is 0 Å². The minimum absolute atomic E-state index is 0.157. The summed E-state index contributed by atoms with van der Waals surface area (Å²) in [6, 6.07) is 19.3. The van der Waals surface area contributed by atoms with Gasteiger partial charge in [0.1, 0.15) is 5.82 Å². The summed E-state index contributed by atoms with van der Waals surface area (Å²) in [4.78, 5) is 14.1. The molecule has 0 bridgehead atoms. The van der Waals surface area contributed by atoms with E-state index in [2.05, 4.69) is 90.2 Å². The van der Waals surface area contributed by atoms with Crippen molar-refractivity contribution in [1.29, 1.82) is 0 Å². The van der Waals surface area contributed by atoms with E-state index in [0.29, 0.717) is 0 Å². The average molecular weight is 373 g/mol. The molecule has 28 heavy (non-hydrogen) atoms. The highest BCUT2D eigenvalue weighted by molar-refractivity contribution is 5.61. The Bertz CT molecular complexity index is 905. The van der Waals surface area contributed by atoms with Gasteiger partial charge in [-0.2, -0.15) is 0 Å². The normalized spacial score (nSPS) is 15.0. The van der Waals surface area contributed by atoms with Crippen LogP contribution in [-0.2, 0) is 5.41 Å². The first-order valence-electron chi connectivity index (χ1n) is 9.99. The van der Waals surface area contributed by atoms with E-state index < -0.39 is 0 Å². The zero-order valence-electron chi connectivity index (χ0n) is 17.0. The third-order valence-corrected chi connectivity index (χ3v) is 5.39. The minimum atomic E-state index is 0.157. The smallest absolute Gasteiger partial charge is 0.147 e. The van der Waals surface area contributed by atoms with Crippen molar-refractivity contribution in [2.24, 2.45) is 0 Å². The van der Waals surface area contributed by atoms with Crippen LogP contribution in [0.25, 0.3) is 11.3 Å². The molecule has 0 atom stereocenters. The summed E-state index contributed by atoms with van der Waals surface area (Å²) in [6.45, 7) is 10.6. The molecular formula is C24H28N4. The molecule has 3 aromatic rings. The highest BCUT2D eigenvalue weighted by Crippen LogP contribution is 2.26. The topological polar surface area (TPSA) is 32.3 Å². The third-order valence-electron chi connectivity index (χ3n) is 5.39. The second-order valence-electron chi connectivity index (χ2n) is 8.40. The van der Waals surface area contributed by atoms with E-state index in [1.807, 2.05) is 12.4 Å². The Morgan fingerprint density at radius 2 is 1.39 bits per heavy atom. The van der Waals surface area contributed by atoms with Gasteiger partial charge in [0.2, 0.25) is 0 Å². The maximum absolute atomic E-state index is 4.90. The van der Waals surface area contributed by atoms with E-state index >= 15 is 0 Å². The first-order chi connectivity index (χ1) is 13.5. The largest absolute Gasteiger partial charge is 0.368 e. The fraction of sp³-hybridized carbons (Fsp3) is 0.333. The molecule has 4 nitrogen and oxygen atoms in total. The maximum Gasteiger partial charge on any atom is 0.147 e. The highest BCUT2D eigenvalue weighted by Gasteiger charge is 2.19. The van der Waals surface area contributed by atoms with Crippen molar-refractivity contribution in [3.8, 4) is 11.3 Å². The zero-order valence-corrected chi connectivity index (χ0v) is 17.0. The highest BCUT2D eigenvalue weighted by atomic mass is 15.3. The lowest BCUT2D eigenvalue weighted by molar-refractivity contribution is 0.590. The van der Waals surface area contributed by atoms with Crippen molar-refractivity contribution in [1.82, 2.24) is 9.97 Å². The molecule has 0 saturated carbocycles. The van der Waals surface area contributed by atoms with Gasteiger partial charge in [0.05, 0.1) is 18.1 Å². The van der Waals surface area contributed by atoms with Gasteiger partial charge in [-0.05, 0) is 23.1 Å². The number of anilines is 2. The quantitative estimate of drug-likeness (QED) is 0.663. The van der Waals surface area contributed by atoms with E-state index in [9.17, 15) is 0 Å². The molecule has 0 N–H and O–H groups in total. The lowest BCUT2D eigenvalue weighted by Gasteiger charge is -2.36. The van der Waals surface area contributed by atoms with Crippen LogP contribution in [0, 0.1) is 0 Å². The maximum atomic E-state index is 4.90. The molecule has 1 saturated heterocycles. The fourth-order valence-corrected chi connectivity index (χ4v) is 3.62. The molecule has 1 aliphatic heterocycles. The van der Waals surface area contributed by atoms with E-state index in [1.165, 1.54) is 11.3 Å². The summed E-state index contributed by atoms with van der Waals surface area (Å²) in [5.74, 6) is 0.963. The van der Waals surface area contributed by atoms with Crippen molar-refractivity contribution >= 4 is 11.5 Å². The molecule has 2 heterocycles. The number of para-hydroxylation sites is 1. The first kappa shape index (κ1) is 18.5. The Morgan fingerprint density at radius 3 is 2.04 bits per heavy atom. The number of benzene rings is 2.